The first-order valence-electron chi connectivity index (χ1n) is 11.8. The molecular weight excluding hydrogens is 424 g/mol. The molecule has 33 heavy (non-hydrogen) atoms. The zero-order valence-corrected chi connectivity index (χ0v) is 19.4. The highest BCUT2D eigenvalue weighted by Crippen LogP contribution is 2.19. The molecule has 8 heteroatoms. The van der Waals surface area contributed by atoms with Gasteiger partial charge >= 0.3 is 11.9 Å². The van der Waals surface area contributed by atoms with Crippen LogP contribution in [0.5, 0.6) is 0 Å². The van der Waals surface area contributed by atoms with Crippen LogP contribution in [0.25, 0.3) is 0 Å². The zero-order valence-electron chi connectivity index (χ0n) is 19.4. The van der Waals surface area contributed by atoms with E-state index in [-0.39, 0.29) is 11.8 Å². The number of hydrogen-bond acceptors (Lipinski definition) is 5. The van der Waals surface area contributed by atoms with Gasteiger partial charge in [0.2, 0.25) is 11.8 Å². The number of ether oxygens (including phenoxy) is 1. The van der Waals surface area contributed by atoms with Gasteiger partial charge in [0.25, 0.3) is 0 Å². The Morgan fingerprint density at radius 2 is 1.52 bits per heavy atom. The van der Waals surface area contributed by atoms with Gasteiger partial charge in [0.05, 0.1) is 13.5 Å². The van der Waals surface area contributed by atoms with E-state index in [0.717, 1.165) is 50.5 Å². The van der Waals surface area contributed by atoms with Crippen LogP contribution in [0.15, 0.2) is 30.3 Å². The number of carbonyl (C=O) groups is 4. The van der Waals surface area contributed by atoms with Gasteiger partial charge in [-0.3, -0.25) is 14.4 Å². The third-order valence-corrected chi connectivity index (χ3v) is 6.06. The molecule has 0 aromatic heterocycles. The van der Waals surface area contributed by atoms with Crippen LogP contribution in [-0.2, 0) is 30.3 Å². The highest BCUT2D eigenvalue weighted by Gasteiger charge is 2.30. The first kappa shape index (κ1) is 26.4. The minimum absolute atomic E-state index is 0.345. The lowest BCUT2D eigenvalue weighted by atomic mass is 9.92. The van der Waals surface area contributed by atoms with Crippen LogP contribution >= 0.6 is 0 Å². The number of carboxylic acid groups (broad SMARTS) is 1. The molecule has 0 spiro atoms. The van der Waals surface area contributed by atoms with Crippen LogP contribution in [0.1, 0.15) is 69.8 Å². The highest BCUT2D eigenvalue weighted by atomic mass is 16.5. The molecule has 2 amide bonds. The fraction of sp³-hybridized carbons (Fsp3) is 0.600. The maximum atomic E-state index is 13.1. The molecule has 1 aliphatic heterocycles. The van der Waals surface area contributed by atoms with Crippen LogP contribution in [0.3, 0.4) is 0 Å². The van der Waals surface area contributed by atoms with Gasteiger partial charge in [-0.15, -0.1) is 0 Å². The van der Waals surface area contributed by atoms with Gasteiger partial charge in [0, 0.05) is 5.92 Å². The molecule has 0 aliphatic carbocycles. The molecule has 1 fully saturated rings. The lowest BCUT2D eigenvalue weighted by Gasteiger charge is -2.24. The summed E-state index contributed by atoms with van der Waals surface area (Å²) in [7, 11) is 1.25. The van der Waals surface area contributed by atoms with Gasteiger partial charge in [-0.05, 0) is 24.8 Å². The van der Waals surface area contributed by atoms with Crippen molar-refractivity contribution < 1.29 is 29.0 Å². The van der Waals surface area contributed by atoms with Gasteiger partial charge in [0.15, 0.2) is 0 Å². The average Bonchev–Trinajstić information content (AvgIpc) is 2.80. The number of benzene rings is 1. The highest BCUT2D eigenvalue weighted by molar-refractivity contribution is 5.93. The molecule has 1 aliphatic rings. The zero-order chi connectivity index (χ0) is 24.1. The van der Waals surface area contributed by atoms with Gasteiger partial charge in [0.1, 0.15) is 12.1 Å². The molecule has 1 heterocycles. The normalized spacial score (nSPS) is 23.7. The number of nitrogens with one attached hydrogen (secondary N) is 2. The van der Waals surface area contributed by atoms with Crippen molar-refractivity contribution in [2.24, 2.45) is 5.92 Å². The minimum atomic E-state index is -1.27. The van der Waals surface area contributed by atoms with Crippen molar-refractivity contribution in [1.29, 1.82) is 0 Å². The van der Waals surface area contributed by atoms with Crippen molar-refractivity contribution in [3.63, 3.8) is 0 Å². The number of carboxylic acids is 1. The largest absolute Gasteiger partial charge is 0.481 e. The predicted octanol–water partition coefficient (Wildman–Crippen LogP) is 2.99. The fourth-order valence-electron chi connectivity index (χ4n) is 4.18. The molecule has 182 valence electrons. The van der Waals surface area contributed by atoms with E-state index in [1.54, 1.807) is 0 Å². The molecule has 0 bridgehead atoms. The Morgan fingerprint density at radius 1 is 0.909 bits per heavy atom. The lowest BCUT2D eigenvalue weighted by Crippen LogP contribution is -2.53. The molecule has 1 aromatic carbocycles. The van der Waals surface area contributed by atoms with E-state index in [1.807, 2.05) is 30.3 Å². The Morgan fingerprint density at radius 3 is 2.12 bits per heavy atom. The summed E-state index contributed by atoms with van der Waals surface area (Å²) < 4.78 is 4.81. The number of esters is 1. The van der Waals surface area contributed by atoms with Gasteiger partial charge in [-0.2, -0.15) is 0 Å². The molecule has 2 rings (SSSR count). The summed E-state index contributed by atoms with van der Waals surface area (Å²) in [6.45, 7) is 0. The number of carbonyl (C=O) groups excluding carboxylic acids is 3. The Kier molecular flexibility index (Phi) is 11.4. The lowest BCUT2D eigenvalue weighted by molar-refractivity contribution is -0.146. The van der Waals surface area contributed by atoms with Crippen molar-refractivity contribution in [3.8, 4) is 0 Å². The summed E-state index contributed by atoms with van der Waals surface area (Å²) in [6, 6.07) is 7.50. The minimum Gasteiger partial charge on any atom is -0.481 e. The summed E-state index contributed by atoms with van der Waals surface area (Å²) >= 11 is 0. The van der Waals surface area contributed by atoms with Crippen molar-refractivity contribution in [3.05, 3.63) is 35.9 Å². The van der Waals surface area contributed by atoms with E-state index in [1.165, 1.54) is 7.11 Å². The Labute approximate surface area is 195 Å². The topological polar surface area (TPSA) is 122 Å². The SMILES string of the molecule is COC(=O)[C@@H]1CCCCCCCCC[C@@H](Cc2ccccc2)C(=O)N[C@@H](CC(=O)O)C(=O)N1. The smallest absolute Gasteiger partial charge is 0.328 e. The van der Waals surface area contributed by atoms with Crippen LogP contribution in [0.4, 0.5) is 0 Å². The Balaban J connectivity index is 2.21. The van der Waals surface area contributed by atoms with Crippen molar-refractivity contribution in [2.75, 3.05) is 7.11 Å². The van der Waals surface area contributed by atoms with Crippen molar-refractivity contribution >= 4 is 23.8 Å². The molecule has 1 saturated heterocycles. The summed E-state index contributed by atoms with van der Waals surface area (Å²) in [5.74, 6) is -3.19. The molecule has 3 N–H and O–H groups in total. The molecule has 0 saturated carbocycles. The third-order valence-electron chi connectivity index (χ3n) is 6.06. The summed E-state index contributed by atoms with van der Waals surface area (Å²) in [5.41, 5.74) is 1.01. The number of amides is 2. The average molecular weight is 461 g/mol. The number of rotatable bonds is 5. The van der Waals surface area contributed by atoms with Gasteiger partial charge < -0.3 is 20.5 Å². The number of methoxy groups -OCH3 is 1. The molecule has 0 unspecified atom stereocenters. The standard InChI is InChI=1S/C25H36N2O6/c1-33-25(32)20-15-11-6-4-2-3-5-10-14-19(16-18-12-8-7-9-13-18)23(30)27-21(17-22(28)29)24(31)26-20/h7-9,12-13,19-21H,2-6,10-11,14-17H2,1H3,(H,26,31)(H,27,30)(H,28,29)/t19-,20-,21-/m0/s1. The van der Waals surface area contributed by atoms with Gasteiger partial charge in [-0.25, -0.2) is 4.79 Å². The van der Waals surface area contributed by atoms with E-state index < -0.39 is 36.4 Å². The van der Waals surface area contributed by atoms with E-state index >= 15 is 0 Å². The molecule has 3 atom stereocenters. The maximum absolute atomic E-state index is 13.1. The van der Waals surface area contributed by atoms with Crippen LogP contribution in [0.2, 0.25) is 0 Å². The molecular formula is C25H36N2O6. The second-order valence-corrected chi connectivity index (χ2v) is 8.68. The summed E-state index contributed by atoms with van der Waals surface area (Å²) in [4.78, 5) is 49.6. The fourth-order valence-corrected chi connectivity index (χ4v) is 4.18. The summed E-state index contributed by atoms with van der Waals surface area (Å²) in [5, 5.41) is 14.6. The second-order valence-electron chi connectivity index (χ2n) is 8.68. The Hall–Kier alpha value is -2.90. The van der Waals surface area contributed by atoms with Crippen LogP contribution < -0.4 is 10.6 Å². The van der Waals surface area contributed by atoms with Gasteiger partial charge in [-0.1, -0.05) is 75.3 Å². The van der Waals surface area contributed by atoms with Crippen LogP contribution in [0, 0.1) is 5.92 Å². The predicted molar refractivity (Wildman–Crippen MR) is 123 cm³/mol. The van der Waals surface area contributed by atoms with Crippen molar-refractivity contribution in [1.82, 2.24) is 10.6 Å². The van der Waals surface area contributed by atoms with E-state index in [2.05, 4.69) is 10.6 Å². The van der Waals surface area contributed by atoms with Crippen molar-refractivity contribution in [2.45, 2.75) is 82.7 Å². The summed E-state index contributed by atoms with van der Waals surface area (Å²) in [6.07, 6.45) is 7.82. The van der Waals surface area contributed by atoms with E-state index in [9.17, 15) is 24.3 Å². The second kappa shape index (κ2) is 14.3. The van der Waals surface area contributed by atoms with E-state index in [4.69, 9.17) is 4.74 Å². The first-order chi connectivity index (χ1) is 15.9. The monoisotopic (exact) mass is 460 g/mol. The Bertz CT molecular complexity index is 782. The first-order valence-corrected chi connectivity index (χ1v) is 11.8. The molecule has 0 radical (unpaired) electrons. The quantitative estimate of drug-likeness (QED) is 0.581. The number of hydrogen-bond donors (Lipinski definition) is 3. The van der Waals surface area contributed by atoms with E-state index in [0.29, 0.717) is 19.3 Å². The maximum Gasteiger partial charge on any atom is 0.328 e. The van der Waals surface area contributed by atoms with Crippen LogP contribution in [-0.4, -0.2) is 48.1 Å². The molecule has 8 nitrogen and oxygen atoms in total. The molecule has 1 aromatic rings. The third kappa shape index (κ3) is 9.63. The number of aliphatic carboxylic acids is 1.